The molecule has 0 amide bonds. The van der Waals surface area contributed by atoms with Gasteiger partial charge in [0.25, 0.3) is 0 Å². The van der Waals surface area contributed by atoms with Crippen molar-refractivity contribution >= 4 is 0 Å². The van der Waals surface area contributed by atoms with Gasteiger partial charge in [0, 0.05) is 6.04 Å². The molecule has 0 saturated heterocycles. The van der Waals surface area contributed by atoms with Gasteiger partial charge >= 0.3 is 0 Å². The summed E-state index contributed by atoms with van der Waals surface area (Å²) in [5, 5.41) is 3.58. The summed E-state index contributed by atoms with van der Waals surface area (Å²) in [4.78, 5) is 0. The molecule has 1 aromatic carbocycles. The summed E-state index contributed by atoms with van der Waals surface area (Å²) in [5.41, 5.74) is 1.38. The van der Waals surface area contributed by atoms with Gasteiger partial charge in [-0.25, -0.2) is 0 Å². The van der Waals surface area contributed by atoms with Crippen molar-refractivity contribution in [2.75, 3.05) is 6.54 Å². The van der Waals surface area contributed by atoms with Crippen molar-refractivity contribution in [2.45, 2.75) is 39.7 Å². The van der Waals surface area contributed by atoms with Crippen LogP contribution in [-0.4, -0.2) is 6.54 Å². The molecular weight excluding hydrogens is 182 g/mol. The van der Waals surface area contributed by atoms with E-state index < -0.39 is 0 Å². The fourth-order valence-corrected chi connectivity index (χ4v) is 1.83. The van der Waals surface area contributed by atoms with Crippen molar-refractivity contribution in [1.29, 1.82) is 0 Å². The zero-order chi connectivity index (χ0) is 11.1. The first kappa shape index (κ1) is 12.3. The molecule has 0 saturated carbocycles. The molecule has 1 rings (SSSR count). The van der Waals surface area contributed by atoms with E-state index in [1.165, 1.54) is 18.4 Å². The van der Waals surface area contributed by atoms with E-state index >= 15 is 0 Å². The normalized spacial score (nSPS) is 14.9. The molecule has 0 radical (unpaired) electrons. The van der Waals surface area contributed by atoms with Crippen LogP contribution in [0.2, 0.25) is 0 Å². The highest BCUT2D eigenvalue weighted by Crippen LogP contribution is 2.12. The summed E-state index contributed by atoms with van der Waals surface area (Å²) in [5.74, 6) is 0.779. The molecule has 0 fully saturated rings. The molecule has 0 heterocycles. The minimum absolute atomic E-state index is 0.463. The summed E-state index contributed by atoms with van der Waals surface area (Å²) < 4.78 is 0. The monoisotopic (exact) mass is 205 g/mol. The van der Waals surface area contributed by atoms with Crippen molar-refractivity contribution in [3.8, 4) is 0 Å². The third-order valence-corrected chi connectivity index (χ3v) is 2.85. The van der Waals surface area contributed by atoms with E-state index in [9.17, 15) is 0 Å². The van der Waals surface area contributed by atoms with Gasteiger partial charge < -0.3 is 5.32 Å². The molecule has 15 heavy (non-hydrogen) atoms. The van der Waals surface area contributed by atoms with Gasteiger partial charge in [-0.1, -0.05) is 50.6 Å². The Bertz CT molecular complexity index is 255. The van der Waals surface area contributed by atoms with Crippen LogP contribution < -0.4 is 5.32 Å². The molecule has 1 N–H and O–H groups in total. The Kier molecular flexibility index (Phi) is 5.41. The van der Waals surface area contributed by atoms with Crippen LogP contribution in [0.3, 0.4) is 0 Å². The van der Waals surface area contributed by atoms with E-state index in [1.54, 1.807) is 0 Å². The van der Waals surface area contributed by atoms with E-state index in [2.05, 4.69) is 56.4 Å². The Hall–Kier alpha value is -0.820. The molecule has 0 aliphatic carbocycles. The summed E-state index contributed by atoms with van der Waals surface area (Å²) >= 11 is 0. The van der Waals surface area contributed by atoms with Crippen LogP contribution >= 0.6 is 0 Å². The number of hydrogen-bond donors (Lipinski definition) is 1. The van der Waals surface area contributed by atoms with E-state index in [0.717, 1.165) is 12.5 Å². The maximum Gasteiger partial charge on any atom is 0.0291 e. The van der Waals surface area contributed by atoms with Gasteiger partial charge in [-0.05, 0) is 31.4 Å². The van der Waals surface area contributed by atoms with Gasteiger partial charge in [0.1, 0.15) is 0 Å². The second kappa shape index (κ2) is 6.62. The summed E-state index contributed by atoms with van der Waals surface area (Å²) in [6, 6.07) is 11.1. The predicted octanol–water partition coefficient (Wildman–Crippen LogP) is 3.77. The topological polar surface area (TPSA) is 12.0 Å². The van der Waals surface area contributed by atoms with Gasteiger partial charge in [0.15, 0.2) is 0 Å². The predicted molar refractivity (Wildman–Crippen MR) is 66.9 cm³/mol. The first-order valence-corrected chi connectivity index (χ1v) is 6.02. The van der Waals surface area contributed by atoms with Crippen LogP contribution in [-0.2, 0) is 0 Å². The van der Waals surface area contributed by atoms with E-state index in [4.69, 9.17) is 0 Å². The Labute approximate surface area is 93.9 Å². The fourth-order valence-electron chi connectivity index (χ4n) is 1.83. The maximum absolute atomic E-state index is 3.58. The fraction of sp³-hybridized carbons (Fsp3) is 0.571. The van der Waals surface area contributed by atoms with Gasteiger partial charge in [-0.15, -0.1) is 0 Å². The molecule has 1 aromatic rings. The molecule has 0 aromatic heterocycles. The number of nitrogens with one attached hydrogen (secondary N) is 1. The van der Waals surface area contributed by atoms with Gasteiger partial charge in [0.05, 0.1) is 0 Å². The Morgan fingerprint density at radius 3 is 2.40 bits per heavy atom. The lowest BCUT2D eigenvalue weighted by atomic mass is 10.0. The van der Waals surface area contributed by atoms with Crippen molar-refractivity contribution in [3.05, 3.63) is 35.9 Å². The molecule has 1 heteroatoms. The van der Waals surface area contributed by atoms with Crippen LogP contribution in [0.4, 0.5) is 0 Å². The third kappa shape index (κ3) is 4.48. The maximum atomic E-state index is 3.58. The summed E-state index contributed by atoms with van der Waals surface area (Å²) in [6.07, 6.45) is 2.59. The molecule has 0 spiro atoms. The van der Waals surface area contributed by atoms with E-state index in [1.807, 2.05) is 0 Å². The highest BCUT2D eigenvalue weighted by atomic mass is 14.9. The quantitative estimate of drug-likeness (QED) is 0.745. The van der Waals surface area contributed by atoms with Crippen LogP contribution in [0.1, 0.15) is 45.2 Å². The van der Waals surface area contributed by atoms with Crippen LogP contribution in [0.25, 0.3) is 0 Å². The Morgan fingerprint density at radius 1 is 1.13 bits per heavy atom. The van der Waals surface area contributed by atoms with Crippen LogP contribution in [0, 0.1) is 5.92 Å². The molecule has 0 aliphatic heterocycles. The zero-order valence-corrected chi connectivity index (χ0v) is 10.2. The largest absolute Gasteiger partial charge is 0.310 e. The molecule has 0 aliphatic rings. The average Bonchev–Trinajstić information content (AvgIpc) is 2.27. The van der Waals surface area contributed by atoms with Crippen molar-refractivity contribution in [1.82, 2.24) is 5.32 Å². The minimum atomic E-state index is 0.463. The lowest BCUT2D eigenvalue weighted by Crippen LogP contribution is -2.24. The summed E-state index contributed by atoms with van der Waals surface area (Å²) in [7, 11) is 0. The second-order valence-corrected chi connectivity index (χ2v) is 4.43. The third-order valence-electron chi connectivity index (χ3n) is 2.85. The molecule has 1 nitrogen and oxygen atoms in total. The molecule has 84 valence electrons. The van der Waals surface area contributed by atoms with Gasteiger partial charge in [0.2, 0.25) is 0 Å². The summed E-state index contributed by atoms with van der Waals surface area (Å²) in [6.45, 7) is 7.91. The lowest BCUT2D eigenvalue weighted by Gasteiger charge is -2.17. The molecular formula is C14H23N. The standard InChI is InChI=1S/C14H23N/c1-4-8-12(2)11-15-13(3)14-9-6-5-7-10-14/h5-7,9-10,12-13,15H,4,8,11H2,1-3H3/t12-,13-/m1/s1. The first-order chi connectivity index (χ1) is 7.24. The first-order valence-electron chi connectivity index (χ1n) is 6.02. The second-order valence-electron chi connectivity index (χ2n) is 4.43. The highest BCUT2D eigenvalue weighted by molar-refractivity contribution is 5.17. The van der Waals surface area contributed by atoms with E-state index in [-0.39, 0.29) is 0 Å². The molecule has 0 unspecified atom stereocenters. The minimum Gasteiger partial charge on any atom is -0.310 e. The average molecular weight is 205 g/mol. The van der Waals surface area contributed by atoms with E-state index in [0.29, 0.717) is 6.04 Å². The number of rotatable bonds is 6. The Morgan fingerprint density at radius 2 is 1.80 bits per heavy atom. The van der Waals surface area contributed by atoms with Crippen molar-refractivity contribution in [2.24, 2.45) is 5.92 Å². The van der Waals surface area contributed by atoms with Crippen LogP contribution in [0.15, 0.2) is 30.3 Å². The number of benzene rings is 1. The van der Waals surface area contributed by atoms with Gasteiger partial charge in [-0.3, -0.25) is 0 Å². The molecule has 2 atom stereocenters. The smallest absolute Gasteiger partial charge is 0.0291 e. The lowest BCUT2D eigenvalue weighted by molar-refractivity contribution is 0.444. The molecule has 0 bridgehead atoms. The van der Waals surface area contributed by atoms with Gasteiger partial charge in [-0.2, -0.15) is 0 Å². The highest BCUT2D eigenvalue weighted by Gasteiger charge is 2.06. The van der Waals surface area contributed by atoms with Crippen LogP contribution in [0.5, 0.6) is 0 Å². The van der Waals surface area contributed by atoms with Crippen molar-refractivity contribution in [3.63, 3.8) is 0 Å². The SMILES string of the molecule is CCC[C@@H](C)CN[C@H](C)c1ccccc1. The zero-order valence-electron chi connectivity index (χ0n) is 10.2. The Balaban J connectivity index is 2.33. The van der Waals surface area contributed by atoms with Crippen molar-refractivity contribution < 1.29 is 0 Å². The number of hydrogen-bond acceptors (Lipinski definition) is 1.